The zero-order valence-electron chi connectivity index (χ0n) is 16.0. The van der Waals surface area contributed by atoms with Crippen molar-refractivity contribution in [1.82, 2.24) is 0 Å². The normalized spacial score (nSPS) is 11.5. The van der Waals surface area contributed by atoms with Crippen molar-refractivity contribution in [3.63, 3.8) is 0 Å². The summed E-state index contributed by atoms with van der Waals surface area (Å²) in [7, 11) is 0. The highest BCUT2D eigenvalue weighted by Crippen LogP contribution is 2.44. The second kappa shape index (κ2) is 7.78. The highest BCUT2D eigenvalue weighted by Gasteiger charge is 2.30. The summed E-state index contributed by atoms with van der Waals surface area (Å²) >= 11 is 0. The maximum Gasteiger partial charge on any atom is 0.120 e. The average Bonchev–Trinajstić information content (AvgIpc) is 2.68. The van der Waals surface area contributed by atoms with Gasteiger partial charge in [-0.05, 0) is 41.2 Å². The Kier molecular flexibility index (Phi) is 5.46. The summed E-state index contributed by atoms with van der Waals surface area (Å²) in [6, 6.07) is 24.9. The molecule has 1 nitrogen and oxygen atoms in total. The predicted octanol–water partition coefficient (Wildman–Crippen LogP) is 6.73. The van der Waals surface area contributed by atoms with E-state index in [-0.39, 0.29) is 5.41 Å². The molecule has 0 saturated heterocycles. The Morgan fingerprint density at radius 3 is 2.04 bits per heavy atom. The van der Waals surface area contributed by atoms with E-state index in [9.17, 15) is 5.11 Å². The monoisotopic (exact) mass is 344 g/mol. The van der Waals surface area contributed by atoms with Crippen molar-refractivity contribution in [1.29, 1.82) is 0 Å². The predicted molar refractivity (Wildman–Crippen MR) is 111 cm³/mol. The number of phenols is 1. The molecule has 0 aliphatic rings. The van der Waals surface area contributed by atoms with E-state index >= 15 is 0 Å². The van der Waals surface area contributed by atoms with E-state index in [2.05, 4.69) is 75.4 Å². The van der Waals surface area contributed by atoms with Crippen LogP contribution in [0.15, 0.2) is 72.8 Å². The van der Waals surface area contributed by atoms with Gasteiger partial charge in [-0.15, -0.1) is 0 Å². The summed E-state index contributed by atoms with van der Waals surface area (Å²) in [5, 5.41) is 10.9. The van der Waals surface area contributed by atoms with Crippen LogP contribution in [0, 0.1) is 0 Å². The molecule has 0 unspecified atom stereocenters. The zero-order chi connectivity index (χ0) is 18.6. The van der Waals surface area contributed by atoms with Gasteiger partial charge >= 0.3 is 0 Å². The molecule has 0 fully saturated rings. The second-order valence-corrected chi connectivity index (χ2v) is 7.45. The lowest BCUT2D eigenvalue weighted by Gasteiger charge is -2.31. The number of rotatable bonds is 6. The van der Waals surface area contributed by atoms with Gasteiger partial charge in [0.05, 0.1) is 0 Å². The van der Waals surface area contributed by atoms with Gasteiger partial charge in [0, 0.05) is 11.0 Å². The quantitative estimate of drug-likeness (QED) is 0.526. The lowest BCUT2D eigenvalue weighted by molar-refractivity contribution is 0.453. The Morgan fingerprint density at radius 2 is 1.42 bits per heavy atom. The van der Waals surface area contributed by atoms with Gasteiger partial charge in [0.2, 0.25) is 0 Å². The summed E-state index contributed by atoms with van der Waals surface area (Å²) in [4.78, 5) is 0. The summed E-state index contributed by atoms with van der Waals surface area (Å²) in [6.07, 6.45) is 3.33. The summed E-state index contributed by atoms with van der Waals surface area (Å²) < 4.78 is 0. The molecule has 134 valence electrons. The van der Waals surface area contributed by atoms with Crippen molar-refractivity contribution < 1.29 is 5.11 Å². The van der Waals surface area contributed by atoms with Crippen LogP contribution in [-0.2, 0) is 11.8 Å². The Labute approximate surface area is 157 Å². The molecule has 0 atom stereocenters. The maximum atomic E-state index is 10.9. The maximum absolute atomic E-state index is 10.9. The van der Waals surface area contributed by atoms with Crippen molar-refractivity contribution >= 4 is 0 Å². The van der Waals surface area contributed by atoms with E-state index < -0.39 is 0 Å². The molecule has 0 heterocycles. The van der Waals surface area contributed by atoms with Gasteiger partial charge < -0.3 is 5.11 Å². The van der Waals surface area contributed by atoms with E-state index in [1.165, 1.54) is 22.3 Å². The van der Waals surface area contributed by atoms with Gasteiger partial charge in [-0.25, -0.2) is 0 Å². The fraction of sp³-hybridized carbons (Fsp3) is 0.280. The lowest BCUT2D eigenvalue weighted by atomic mass is 9.73. The number of hydrogen-bond acceptors (Lipinski definition) is 1. The Balaban J connectivity index is 2.27. The highest BCUT2D eigenvalue weighted by molar-refractivity contribution is 5.76. The van der Waals surface area contributed by atoms with Crippen LogP contribution >= 0.6 is 0 Å². The van der Waals surface area contributed by atoms with Crippen molar-refractivity contribution in [3.05, 3.63) is 89.5 Å². The largest absolute Gasteiger partial charge is 0.508 e. The number of aromatic hydroxyl groups is 1. The first-order valence-corrected chi connectivity index (χ1v) is 9.52. The molecule has 0 amide bonds. The molecule has 3 aromatic carbocycles. The lowest BCUT2D eigenvalue weighted by Crippen LogP contribution is -2.21. The first-order chi connectivity index (χ1) is 12.6. The van der Waals surface area contributed by atoms with Crippen LogP contribution in [0.2, 0.25) is 0 Å². The molecule has 0 saturated carbocycles. The van der Waals surface area contributed by atoms with Gasteiger partial charge in [-0.1, -0.05) is 93.9 Å². The van der Waals surface area contributed by atoms with Gasteiger partial charge in [-0.2, -0.15) is 0 Å². The zero-order valence-corrected chi connectivity index (χ0v) is 16.0. The third kappa shape index (κ3) is 3.53. The van der Waals surface area contributed by atoms with E-state index in [1.807, 2.05) is 18.2 Å². The van der Waals surface area contributed by atoms with Gasteiger partial charge in [-0.3, -0.25) is 0 Å². The van der Waals surface area contributed by atoms with Crippen LogP contribution < -0.4 is 0 Å². The molecule has 0 bridgehead atoms. The number of phenolic OH excluding ortho intramolecular Hbond substituents is 1. The highest BCUT2D eigenvalue weighted by atomic mass is 16.3. The molecule has 0 aliphatic carbocycles. The minimum absolute atomic E-state index is 0.293. The van der Waals surface area contributed by atoms with Crippen LogP contribution in [0.1, 0.15) is 50.3 Å². The Morgan fingerprint density at radius 1 is 0.808 bits per heavy atom. The number of hydrogen-bond donors (Lipinski definition) is 1. The molecular formula is C25H28O. The Bertz CT molecular complexity index is 848. The fourth-order valence-electron chi connectivity index (χ4n) is 3.78. The SMILES string of the molecule is CCCCc1ccc(O)c(C(C)(C)c2ccccc2)c1-c1ccccc1. The molecule has 0 aliphatic heterocycles. The van der Waals surface area contributed by atoms with E-state index in [0.717, 1.165) is 24.8 Å². The third-order valence-corrected chi connectivity index (χ3v) is 5.25. The summed E-state index contributed by atoms with van der Waals surface area (Å²) in [5.41, 5.74) is 5.61. The molecule has 0 radical (unpaired) electrons. The molecule has 26 heavy (non-hydrogen) atoms. The number of unbranched alkanes of at least 4 members (excludes halogenated alkanes) is 1. The molecule has 1 heteroatoms. The number of benzene rings is 3. The van der Waals surface area contributed by atoms with Crippen molar-refractivity contribution in [2.75, 3.05) is 0 Å². The van der Waals surface area contributed by atoms with E-state index in [1.54, 1.807) is 0 Å². The molecule has 3 aromatic rings. The fourth-order valence-corrected chi connectivity index (χ4v) is 3.78. The van der Waals surface area contributed by atoms with Crippen molar-refractivity contribution in [2.45, 2.75) is 45.4 Å². The van der Waals surface area contributed by atoms with E-state index in [0.29, 0.717) is 5.75 Å². The molecule has 3 rings (SSSR count). The van der Waals surface area contributed by atoms with Crippen molar-refractivity contribution in [3.8, 4) is 16.9 Å². The van der Waals surface area contributed by atoms with Gasteiger partial charge in [0.1, 0.15) is 5.75 Å². The van der Waals surface area contributed by atoms with Crippen LogP contribution in [0.5, 0.6) is 5.75 Å². The number of aryl methyl sites for hydroxylation is 1. The van der Waals surface area contributed by atoms with Gasteiger partial charge in [0.15, 0.2) is 0 Å². The van der Waals surface area contributed by atoms with Crippen LogP contribution in [0.3, 0.4) is 0 Å². The second-order valence-electron chi connectivity index (χ2n) is 7.45. The Hall–Kier alpha value is -2.54. The average molecular weight is 344 g/mol. The van der Waals surface area contributed by atoms with Crippen LogP contribution in [0.4, 0.5) is 0 Å². The van der Waals surface area contributed by atoms with Crippen molar-refractivity contribution in [2.24, 2.45) is 0 Å². The van der Waals surface area contributed by atoms with Gasteiger partial charge in [0.25, 0.3) is 0 Å². The molecular weight excluding hydrogens is 316 g/mol. The standard InChI is InChI=1S/C25H28O/c1-4-5-12-20-17-18-22(26)24(23(20)19-13-8-6-9-14-19)25(2,3)21-15-10-7-11-16-21/h6-11,13-18,26H,4-5,12H2,1-3H3. The topological polar surface area (TPSA) is 20.2 Å². The first-order valence-electron chi connectivity index (χ1n) is 9.52. The minimum atomic E-state index is -0.293. The van der Waals surface area contributed by atoms with Crippen LogP contribution in [0.25, 0.3) is 11.1 Å². The van der Waals surface area contributed by atoms with Crippen LogP contribution in [-0.4, -0.2) is 5.11 Å². The van der Waals surface area contributed by atoms with E-state index in [4.69, 9.17) is 0 Å². The molecule has 0 aromatic heterocycles. The summed E-state index contributed by atoms with van der Waals surface area (Å²) in [6.45, 7) is 6.62. The molecule has 1 N–H and O–H groups in total. The minimum Gasteiger partial charge on any atom is -0.508 e. The smallest absolute Gasteiger partial charge is 0.120 e. The summed E-state index contributed by atoms with van der Waals surface area (Å²) in [5.74, 6) is 0.373. The third-order valence-electron chi connectivity index (χ3n) is 5.25. The first kappa shape index (κ1) is 18.3. The molecule has 0 spiro atoms.